The van der Waals surface area contributed by atoms with Crippen LogP contribution in [0.15, 0.2) is 18.2 Å². The molecule has 1 unspecified atom stereocenters. The van der Waals surface area contributed by atoms with Gasteiger partial charge in [0.15, 0.2) is 0 Å². The van der Waals surface area contributed by atoms with Gasteiger partial charge in [0.25, 0.3) is 5.91 Å². The van der Waals surface area contributed by atoms with Crippen LogP contribution in [-0.2, 0) is 0 Å². The summed E-state index contributed by atoms with van der Waals surface area (Å²) in [5.41, 5.74) is 1.10. The number of benzene rings is 1. The first-order valence-electron chi connectivity index (χ1n) is 5.68. The van der Waals surface area contributed by atoms with Gasteiger partial charge < -0.3 is 5.32 Å². The maximum absolute atomic E-state index is 13.7. The molecule has 2 aliphatic carbocycles. The Morgan fingerprint density at radius 3 is 2.88 bits per heavy atom. The second-order valence-corrected chi connectivity index (χ2v) is 5.03. The molecule has 84 valence electrons. The van der Waals surface area contributed by atoms with Crippen LogP contribution in [0.3, 0.4) is 0 Å². The summed E-state index contributed by atoms with van der Waals surface area (Å²) in [5.74, 6) is -0.666. The summed E-state index contributed by atoms with van der Waals surface area (Å²) in [6.45, 7) is 1.67. The Balaban J connectivity index is 1.76. The minimum absolute atomic E-state index is 0.169. The van der Waals surface area contributed by atoms with Gasteiger partial charge in [0.2, 0.25) is 0 Å². The lowest BCUT2D eigenvalue weighted by molar-refractivity contribution is 0.0944. The highest BCUT2D eigenvalue weighted by atomic mass is 19.1. The minimum Gasteiger partial charge on any atom is -0.349 e. The molecule has 0 bridgehead atoms. The zero-order valence-corrected chi connectivity index (χ0v) is 9.22. The Morgan fingerprint density at radius 1 is 1.50 bits per heavy atom. The molecule has 2 fully saturated rings. The predicted molar refractivity (Wildman–Crippen MR) is 58.7 cm³/mol. The SMILES string of the molecule is Cc1cccc(C(=O)NC2CC23CC3)c1F. The molecule has 3 rings (SSSR count). The zero-order chi connectivity index (χ0) is 11.3. The number of carbonyl (C=O) groups is 1. The van der Waals surface area contributed by atoms with Gasteiger partial charge in [-0.05, 0) is 43.2 Å². The molecule has 1 spiro atoms. The van der Waals surface area contributed by atoms with Crippen molar-refractivity contribution in [2.45, 2.75) is 32.2 Å². The minimum atomic E-state index is -0.398. The van der Waals surface area contributed by atoms with E-state index in [0.29, 0.717) is 17.0 Å². The molecule has 0 aliphatic heterocycles. The van der Waals surface area contributed by atoms with Gasteiger partial charge in [0.05, 0.1) is 5.56 Å². The van der Waals surface area contributed by atoms with Gasteiger partial charge in [-0.2, -0.15) is 0 Å². The van der Waals surface area contributed by atoms with E-state index in [4.69, 9.17) is 0 Å². The summed E-state index contributed by atoms with van der Waals surface area (Å²) >= 11 is 0. The fourth-order valence-electron chi connectivity index (χ4n) is 2.32. The van der Waals surface area contributed by atoms with Crippen LogP contribution in [-0.4, -0.2) is 11.9 Å². The molecule has 0 radical (unpaired) electrons. The third kappa shape index (κ3) is 1.42. The van der Waals surface area contributed by atoms with Crippen molar-refractivity contribution in [2.24, 2.45) is 5.41 Å². The Kier molecular flexibility index (Phi) is 1.88. The third-order valence-electron chi connectivity index (χ3n) is 3.82. The van der Waals surface area contributed by atoms with Gasteiger partial charge in [-0.15, -0.1) is 0 Å². The van der Waals surface area contributed by atoms with Crippen LogP contribution in [0.1, 0.15) is 35.2 Å². The molecule has 16 heavy (non-hydrogen) atoms. The van der Waals surface area contributed by atoms with E-state index in [2.05, 4.69) is 5.32 Å². The van der Waals surface area contributed by atoms with Crippen LogP contribution >= 0.6 is 0 Å². The molecule has 1 atom stereocenters. The summed E-state index contributed by atoms with van der Waals surface area (Å²) in [4.78, 5) is 11.8. The lowest BCUT2D eigenvalue weighted by Gasteiger charge is -2.06. The molecule has 0 heterocycles. The third-order valence-corrected chi connectivity index (χ3v) is 3.82. The van der Waals surface area contributed by atoms with Crippen molar-refractivity contribution < 1.29 is 9.18 Å². The highest BCUT2D eigenvalue weighted by Gasteiger charge is 2.63. The monoisotopic (exact) mass is 219 g/mol. The fourth-order valence-corrected chi connectivity index (χ4v) is 2.32. The average Bonchev–Trinajstić information content (AvgIpc) is 3.14. The molecule has 2 aliphatic rings. The van der Waals surface area contributed by atoms with E-state index in [9.17, 15) is 9.18 Å². The summed E-state index contributed by atoms with van der Waals surface area (Å²) in [6.07, 6.45) is 3.51. The maximum Gasteiger partial charge on any atom is 0.254 e. The number of rotatable bonds is 2. The van der Waals surface area contributed by atoms with Gasteiger partial charge >= 0.3 is 0 Å². The zero-order valence-electron chi connectivity index (χ0n) is 9.22. The Morgan fingerprint density at radius 2 is 2.25 bits per heavy atom. The fraction of sp³-hybridized carbons (Fsp3) is 0.462. The van der Waals surface area contributed by atoms with Crippen LogP contribution in [0, 0.1) is 18.2 Å². The molecule has 0 saturated heterocycles. The van der Waals surface area contributed by atoms with Crippen molar-refractivity contribution in [3.05, 3.63) is 35.1 Å². The number of hydrogen-bond acceptors (Lipinski definition) is 1. The van der Waals surface area contributed by atoms with Crippen molar-refractivity contribution in [1.29, 1.82) is 0 Å². The Bertz CT molecular complexity index is 465. The molecule has 1 aromatic carbocycles. The standard InChI is InChI=1S/C13H14FNO/c1-8-3-2-4-9(11(8)14)12(16)15-10-7-13(10)5-6-13/h2-4,10H,5-7H2,1H3,(H,15,16). The summed E-state index contributed by atoms with van der Waals surface area (Å²) in [5, 5.41) is 2.91. The average molecular weight is 219 g/mol. The predicted octanol–water partition coefficient (Wildman–Crippen LogP) is 2.42. The van der Waals surface area contributed by atoms with Crippen molar-refractivity contribution in [2.75, 3.05) is 0 Å². The number of aryl methyl sites for hydroxylation is 1. The van der Waals surface area contributed by atoms with Crippen LogP contribution in [0.25, 0.3) is 0 Å². The number of amides is 1. The quantitative estimate of drug-likeness (QED) is 0.813. The van der Waals surface area contributed by atoms with E-state index >= 15 is 0 Å². The second kappa shape index (κ2) is 3.06. The van der Waals surface area contributed by atoms with E-state index in [-0.39, 0.29) is 11.5 Å². The normalized spacial score (nSPS) is 24.2. The van der Waals surface area contributed by atoms with Gasteiger partial charge in [0.1, 0.15) is 5.82 Å². The highest BCUT2D eigenvalue weighted by Crippen LogP contribution is 2.65. The van der Waals surface area contributed by atoms with E-state index in [0.717, 1.165) is 6.42 Å². The number of hydrogen-bond donors (Lipinski definition) is 1. The molecule has 1 amide bonds. The molecule has 0 aromatic heterocycles. The second-order valence-electron chi connectivity index (χ2n) is 5.03. The van der Waals surface area contributed by atoms with Crippen molar-refractivity contribution in [1.82, 2.24) is 5.32 Å². The van der Waals surface area contributed by atoms with Crippen LogP contribution in [0.4, 0.5) is 4.39 Å². The van der Waals surface area contributed by atoms with Crippen LogP contribution < -0.4 is 5.32 Å². The van der Waals surface area contributed by atoms with Crippen LogP contribution in [0.5, 0.6) is 0 Å². The molecular weight excluding hydrogens is 205 g/mol. The summed E-state index contributed by atoms with van der Waals surface area (Å²) < 4.78 is 13.7. The van der Waals surface area contributed by atoms with Crippen molar-refractivity contribution >= 4 is 5.91 Å². The molecular formula is C13H14FNO. The van der Waals surface area contributed by atoms with E-state index in [1.54, 1.807) is 25.1 Å². The smallest absolute Gasteiger partial charge is 0.254 e. The molecule has 1 N–H and O–H groups in total. The first-order valence-corrected chi connectivity index (χ1v) is 5.68. The maximum atomic E-state index is 13.7. The topological polar surface area (TPSA) is 29.1 Å². The molecule has 3 heteroatoms. The first kappa shape index (κ1) is 9.82. The van der Waals surface area contributed by atoms with Crippen LogP contribution in [0.2, 0.25) is 0 Å². The van der Waals surface area contributed by atoms with Crippen molar-refractivity contribution in [3.8, 4) is 0 Å². The van der Waals surface area contributed by atoms with Crippen molar-refractivity contribution in [3.63, 3.8) is 0 Å². The number of nitrogens with one attached hydrogen (secondary N) is 1. The lowest BCUT2D eigenvalue weighted by atomic mass is 10.1. The molecule has 1 aromatic rings. The van der Waals surface area contributed by atoms with Gasteiger partial charge in [-0.25, -0.2) is 4.39 Å². The largest absolute Gasteiger partial charge is 0.349 e. The van der Waals surface area contributed by atoms with E-state index in [1.807, 2.05) is 0 Å². The van der Waals surface area contributed by atoms with Gasteiger partial charge in [0, 0.05) is 6.04 Å². The Labute approximate surface area is 93.9 Å². The van der Waals surface area contributed by atoms with E-state index < -0.39 is 5.82 Å². The highest BCUT2D eigenvalue weighted by molar-refractivity contribution is 5.95. The van der Waals surface area contributed by atoms with Gasteiger partial charge in [-0.1, -0.05) is 12.1 Å². The number of carbonyl (C=O) groups excluding carboxylic acids is 1. The molecule has 2 saturated carbocycles. The lowest BCUT2D eigenvalue weighted by Crippen LogP contribution is -2.28. The number of halogens is 1. The van der Waals surface area contributed by atoms with E-state index in [1.165, 1.54) is 12.8 Å². The van der Waals surface area contributed by atoms with Gasteiger partial charge in [-0.3, -0.25) is 4.79 Å². The summed E-state index contributed by atoms with van der Waals surface area (Å²) in [6, 6.07) is 5.22. The molecule has 2 nitrogen and oxygen atoms in total. The summed E-state index contributed by atoms with van der Waals surface area (Å²) in [7, 11) is 0. The first-order chi connectivity index (χ1) is 7.62. The Hall–Kier alpha value is -1.38.